The second kappa shape index (κ2) is 5.47. The first kappa shape index (κ1) is 10.8. The Morgan fingerprint density at radius 2 is 1.00 bits per heavy atom. The number of rotatable bonds is 0. The third-order valence-corrected chi connectivity index (χ3v) is 0.850. The molecule has 0 fully saturated rings. The summed E-state index contributed by atoms with van der Waals surface area (Å²) in [5.74, 6) is 1.76. The van der Waals surface area contributed by atoms with E-state index in [-0.39, 0.29) is 11.5 Å². The largest absolute Gasteiger partial charge is 0.508 e. The van der Waals surface area contributed by atoms with Crippen LogP contribution in [0.5, 0.6) is 11.5 Å². The van der Waals surface area contributed by atoms with E-state index in [2.05, 4.69) is 20.8 Å². The van der Waals surface area contributed by atoms with Gasteiger partial charge in [-0.2, -0.15) is 0 Å². The molecular weight excluding hydrogens is 152 g/mol. The highest BCUT2D eigenvalue weighted by molar-refractivity contribution is 5.28. The first-order valence-corrected chi connectivity index (χ1v) is 3.77. The Morgan fingerprint density at radius 3 is 1.17 bits per heavy atom. The maximum absolute atomic E-state index is 8.65. The fourth-order valence-electron chi connectivity index (χ4n) is 0.453. The van der Waals surface area contributed by atoms with Crippen molar-refractivity contribution in [3.8, 4) is 11.5 Å². The van der Waals surface area contributed by atoms with Crippen LogP contribution < -0.4 is 0 Å². The standard InChI is InChI=1S/C6H6O2.C4H9/c7-5-1-2-6(8)4-3-5;1-4(2)3/h1-4,7-8H;1-3H3. The second-order valence-corrected chi connectivity index (χ2v) is 3.02. The molecule has 0 heterocycles. The molecule has 1 aromatic carbocycles. The van der Waals surface area contributed by atoms with Crippen LogP contribution in [-0.2, 0) is 0 Å². The Hall–Kier alpha value is -1.18. The topological polar surface area (TPSA) is 40.5 Å². The summed E-state index contributed by atoms with van der Waals surface area (Å²) in [4.78, 5) is 0. The monoisotopic (exact) mass is 167 g/mol. The first-order valence-electron chi connectivity index (χ1n) is 3.77. The van der Waals surface area contributed by atoms with Gasteiger partial charge in [0.05, 0.1) is 0 Å². The highest BCUT2D eigenvalue weighted by atomic mass is 16.3. The van der Waals surface area contributed by atoms with Crippen molar-refractivity contribution >= 4 is 0 Å². The number of aromatic hydroxyl groups is 2. The number of hydrogen-bond donors (Lipinski definition) is 2. The molecule has 1 radical (unpaired) electrons. The summed E-state index contributed by atoms with van der Waals surface area (Å²) in [5.41, 5.74) is 0. The summed E-state index contributed by atoms with van der Waals surface area (Å²) in [5, 5.41) is 17.3. The summed E-state index contributed by atoms with van der Waals surface area (Å²) in [7, 11) is 0. The molecule has 2 nitrogen and oxygen atoms in total. The number of phenolic OH excluding ortho intramolecular Hbond substituents is 2. The summed E-state index contributed by atoms with van der Waals surface area (Å²) in [6.45, 7) is 6.25. The second-order valence-electron chi connectivity index (χ2n) is 3.02. The van der Waals surface area contributed by atoms with Crippen molar-refractivity contribution in [3.05, 3.63) is 30.2 Å². The van der Waals surface area contributed by atoms with Gasteiger partial charge < -0.3 is 10.2 Å². The van der Waals surface area contributed by atoms with E-state index in [1.165, 1.54) is 30.2 Å². The predicted molar refractivity (Wildman–Crippen MR) is 50.0 cm³/mol. The highest BCUT2D eigenvalue weighted by Gasteiger charge is 1.84. The van der Waals surface area contributed by atoms with E-state index < -0.39 is 0 Å². The van der Waals surface area contributed by atoms with Crippen molar-refractivity contribution in [1.29, 1.82) is 0 Å². The summed E-state index contributed by atoms with van der Waals surface area (Å²) < 4.78 is 0. The van der Waals surface area contributed by atoms with E-state index in [1.54, 1.807) is 0 Å². The zero-order valence-electron chi connectivity index (χ0n) is 7.70. The molecule has 0 aromatic heterocycles. The normalized spacial score (nSPS) is 9.00. The van der Waals surface area contributed by atoms with Crippen molar-refractivity contribution < 1.29 is 10.2 Å². The van der Waals surface area contributed by atoms with Crippen LogP contribution >= 0.6 is 0 Å². The number of benzene rings is 1. The van der Waals surface area contributed by atoms with Crippen molar-refractivity contribution in [2.45, 2.75) is 20.8 Å². The predicted octanol–water partition coefficient (Wildman–Crippen LogP) is 2.72. The van der Waals surface area contributed by atoms with Crippen LogP contribution in [-0.4, -0.2) is 10.2 Å². The molecule has 0 aliphatic heterocycles. The minimum Gasteiger partial charge on any atom is -0.508 e. The zero-order chi connectivity index (χ0) is 9.56. The smallest absolute Gasteiger partial charge is 0.115 e. The van der Waals surface area contributed by atoms with Crippen LogP contribution in [0.25, 0.3) is 0 Å². The van der Waals surface area contributed by atoms with Gasteiger partial charge in [0.1, 0.15) is 11.5 Å². The maximum atomic E-state index is 8.65. The van der Waals surface area contributed by atoms with Gasteiger partial charge in [-0.1, -0.05) is 20.8 Å². The average molecular weight is 167 g/mol. The van der Waals surface area contributed by atoms with Gasteiger partial charge in [-0.3, -0.25) is 0 Å². The van der Waals surface area contributed by atoms with E-state index in [1.807, 2.05) is 0 Å². The highest BCUT2D eigenvalue weighted by Crippen LogP contribution is 2.13. The molecule has 0 saturated heterocycles. The number of phenols is 2. The van der Waals surface area contributed by atoms with Crippen LogP contribution in [0.1, 0.15) is 20.8 Å². The molecule has 0 aliphatic rings. The fraction of sp³-hybridized carbons (Fsp3) is 0.300. The van der Waals surface area contributed by atoms with Gasteiger partial charge in [-0.15, -0.1) is 0 Å². The molecular formula is C10H15O2. The third kappa shape index (κ3) is 6.93. The lowest BCUT2D eigenvalue weighted by molar-refractivity contribution is 0.460. The van der Waals surface area contributed by atoms with Gasteiger partial charge >= 0.3 is 0 Å². The van der Waals surface area contributed by atoms with Gasteiger partial charge in [0, 0.05) is 0 Å². The Bertz CT molecular complexity index is 178. The van der Waals surface area contributed by atoms with Crippen LogP contribution in [0, 0.1) is 5.92 Å². The first-order chi connectivity index (χ1) is 5.52. The molecule has 0 bridgehead atoms. The van der Waals surface area contributed by atoms with Crippen molar-refractivity contribution in [2.24, 2.45) is 0 Å². The molecule has 1 rings (SSSR count). The van der Waals surface area contributed by atoms with Crippen LogP contribution in [0.4, 0.5) is 0 Å². The molecule has 0 amide bonds. The summed E-state index contributed by atoms with van der Waals surface area (Å²) in [6, 6.07) is 5.70. The van der Waals surface area contributed by atoms with E-state index in [4.69, 9.17) is 10.2 Å². The molecule has 0 saturated carbocycles. The fourth-order valence-corrected chi connectivity index (χ4v) is 0.453. The Balaban J connectivity index is 0.000000261. The summed E-state index contributed by atoms with van der Waals surface area (Å²) >= 11 is 0. The Kier molecular flexibility index (Phi) is 4.93. The van der Waals surface area contributed by atoms with E-state index in [0.717, 1.165) is 0 Å². The van der Waals surface area contributed by atoms with Gasteiger partial charge in [-0.05, 0) is 30.2 Å². The van der Waals surface area contributed by atoms with Gasteiger partial charge in [0.15, 0.2) is 0 Å². The van der Waals surface area contributed by atoms with Crippen molar-refractivity contribution in [1.82, 2.24) is 0 Å². The molecule has 2 heteroatoms. The lowest BCUT2D eigenvalue weighted by Crippen LogP contribution is -1.62. The van der Waals surface area contributed by atoms with Gasteiger partial charge in [0.2, 0.25) is 0 Å². The molecule has 0 unspecified atom stereocenters. The summed E-state index contributed by atoms with van der Waals surface area (Å²) in [6.07, 6.45) is 0. The lowest BCUT2D eigenvalue weighted by Gasteiger charge is -1.88. The van der Waals surface area contributed by atoms with Crippen LogP contribution in [0.3, 0.4) is 0 Å². The molecule has 2 N–H and O–H groups in total. The molecule has 12 heavy (non-hydrogen) atoms. The minimum absolute atomic E-state index is 0.169. The molecule has 0 atom stereocenters. The van der Waals surface area contributed by atoms with E-state index in [9.17, 15) is 0 Å². The number of hydrogen-bond acceptors (Lipinski definition) is 2. The van der Waals surface area contributed by atoms with Crippen molar-refractivity contribution in [3.63, 3.8) is 0 Å². The van der Waals surface area contributed by atoms with E-state index >= 15 is 0 Å². The average Bonchev–Trinajstić information content (AvgIpc) is 1.94. The SMILES string of the molecule is C[C](C)C.Oc1ccc(O)cc1. The van der Waals surface area contributed by atoms with Gasteiger partial charge in [0.25, 0.3) is 0 Å². The molecule has 0 aliphatic carbocycles. The quantitative estimate of drug-likeness (QED) is 0.583. The molecule has 0 spiro atoms. The van der Waals surface area contributed by atoms with Gasteiger partial charge in [-0.25, -0.2) is 0 Å². The van der Waals surface area contributed by atoms with E-state index in [0.29, 0.717) is 0 Å². The Labute approximate surface area is 73.5 Å². The van der Waals surface area contributed by atoms with Crippen LogP contribution in [0.15, 0.2) is 24.3 Å². The maximum Gasteiger partial charge on any atom is 0.115 e. The third-order valence-electron chi connectivity index (χ3n) is 0.850. The van der Waals surface area contributed by atoms with Crippen molar-refractivity contribution in [2.75, 3.05) is 0 Å². The molecule has 1 aromatic rings. The van der Waals surface area contributed by atoms with Crippen LogP contribution in [0.2, 0.25) is 0 Å². The lowest BCUT2D eigenvalue weighted by atomic mass is 10.3. The Morgan fingerprint density at radius 1 is 0.833 bits per heavy atom. The minimum atomic E-state index is 0.169. The molecule has 67 valence electrons. The zero-order valence-corrected chi connectivity index (χ0v) is 7.70.